The number of rotatable bonds is 8. The molecule has 0 fully saturated rings. The van der Waals surface area contributed by atoms with Crippen molar-refractivity contribution >= 4 is 35.7 Å². The molecule has 0 radical (unpaired) electrons. The van der Waals surface area contributed by atoms with Gasteiger partial charge in [0.05, 0.1) is 26.1 Å². The highest BCUT2D eigenvalue weighted by Gasteiger charge is 2.26. The quantitative estimate of drug-likeness (QED) is 0.369. The minimum absolute atomic E-state index is 0.112. The number of methoxy groups -OCH3 is 2. The predicted octanol–water partition coefficient (Wildman–Crippen LogP) is 1.93. The molecule has 1 aromatic heterocycles. The molecule has 35 heavy (non-hydrogen) atoms. The van der Waals surface area contributed by atoms with Crippen LogP contribution in [0.5, 0.6) is 11.5 Å². The summed E-state index contributed by atoms with van der Waals surface area (Å²) in [4.78, 5) is 19.4. The Bertz CT molecular complexity index is 1290. The number of H-pyrrole nitrogens is 1. The van der Waals surface area contributed by atoms with Crippen LogP contribution in [0.15, 0.2) is 48.3 Å². The number of amides is 1. The lowest BCUT2D eigenvalue weighted by atomic mass is 9.78. The summed E-state index contributed by atoms with van der Waals surface area (Å²) in [5.74, 6) is 0.502. The van der Waals surface area contributed by atoms with Crippen LogP contribution in [0.25, 0.3) is 17.2 Å². The maximum atomic E-state index is 14.2. The van der Waals surface area contributed by atoms with Gasteiger partial charge in [-0.05, 0) is 70.7 Å². The number of hydrogen-bond donors (Lipinski definition) is 4. The van der Waals surface area contributed by atoms with Crippen molar-refractivity contribution in [3.63, 3.8) is 0 Å². The number of aromatic amines is 1. The van der Waals surface area contributed by atoms with Crippen LogP contribution in [0.1, 0.15) is 29.4 Å². The Morgan fingerprint density at radius 1 is 1.17 bits per heavy atom. The van der Waals surface area contributed by atoms with Gasteiger partial charge in [0.15, 0.2) is 0 Å². The van der Waals surface area contributed by atoms with E-state index in [-0.39, 0.29) is 41.7 Å². The van der Waals surface area contributed by atoms with Gasteiger partial charge in [-0.2, -0.15) is 0 Å². The van der Waals surface area contributed by atoms with Gasteiger partial charge in [-0.1, -0.05) is 6.07 Å². The first-order chi connectivity index (χ1) is 16.8. The molecule has 0 unspecified atom stereocenters. The SMILES string of the molecule is COc1cc(/C=C2/C(C)=C(CNC(=O)Cc3ncc[nH]3)c3cc(F)ccc32)cc(OC)c1B(O)O. The second-order valence-electron chi connectivity index (χ2n) is 8.05. The highest BCUT2D eigenvalue weighted by molar-refractivity contribution is 6.61. The van der Waals surface area contributed by atoms with Crippen molar-refractivity contribution in [2.45, 2.75) is 13.3 Å². The lowest BCUT2D eigenvalue weighted by Gasteiger charge is -2.14. The number of carbonyl (C=O) groups is 1. The topological polar surface area (TPSA) is 117 Å². The zero-order valence-electron chi connectivity index (χ0n) is 19.6. The molecular formula is C25H25BFN3O5. The molecule has 3 aromatic rings. The van der Waals surface area contributed by atoms with Gasteiger partial charge in [-0.25, -0.2) is 9.37 Å². The monoisotopic (exact) mass is 477 g/mol. The Balaban J connectivity index is 1.71. The number of aromatic nitrogens is 2. The fourth-order valence-electron chi connectivity index (χ4n) is 4.24. The van der Waals surface area contributed by atoms with Crippen LogP contribution >= 0.6 is 0 Å². The average molecular weight is 477 g/mol. The molecule has 1 amide bonds. The first-order valence-corrected chi connectivity index (χ1v) is 10.9. The maximum Gasteiger partial charge on any atom is 0.496 e. The summed E-state index contributed by atoms with van der Waals surface area (Å²) in [5, 5.41) is 22.4. The van der Waals surface area contributed by atoms with E-state index in [2.05, 4.69) is 15.3 Å². The second-order valence-corrected chi connectivity index (χ2v) is 8.05. The molecule has 0 atom stereocenters. The molecule has 0 saturated heterocycles. The van der Waals surface area contributed by atoms with Crippen molar-refractivity contribution < 1.29 is 28.7 Å². The Kier molecular flexibility index (Phi) is 7.04. The number of fused-ring (bicyclic) bond motifs is 1. The number of carbonyl (C=O) groups excluding carboxylic acids is 1. The van der Waals surface area contributed by atoms with Gasteiger partial charge in [0, 0.05) is 18.9 Å². The molecular weight excluding hydrogens is 452 g/mol. The fourth-order valence-corrected chi connectivity index (χ4v) is 4.24. The zero-order valence-corrected chi connectivity index (χ0v) is 19.6. The number of ether oxygens (including phenoxy) is 2. The average Bonchev–Trinajstić information content (AvgIpc) is 3.43. The molecule has 180 valence electrons. The van der Waals surface area contributed by atoms with Crippen molar-refractivity contribution in [3.05, 3.63) is 76.6 Å². The minimum Gasteiger partial charge on any atom is -0.497 e. The summed E-state index contributed by atoms with van der Waals surface area (Å²) in [7, 11) is 1.09. The van der Waals surface area contributed by atoms with Crippen molar-refractivity contribution in [1.29, 1.82) is 0 Å². The maximum absolute atomic E-state index is 14.2. The van der Waals surface area contributed by atoms with Crippen molar-refractivity contribution in [2.24, 2.45) is 0 Å². The summed E-state index contributed by atoms with van der Waals surface area (Å²) < 4.78 is 24.9. The first kappa shape index (κ1) is 24.2. The van der Waals surface area contributed by atoms with Gasteiger partial charge in [0.25, 0.3) is 0 Å². The zero-order chi connectivity index (χ0) is 25.1. The van der Waals surface area contributed by atoms with Gasteiger partial charge >= 0.3 is 7.12 Å². The molecule has 0 spiro atoms. The fraction of sp³-hybridized carbons (Fsp3) is 0.200. The standard InChI is InChI=1S/C25H25BFN3O5/c1-14-18(8-15-9-21(34-2)25(26(32)33)22(10-15)35-3)17-5-4-16(27)11-19(17)20(14)13-30-24(31)12-23-28-6-7-29-23/h4-11,32-33H,12-13H2,1-3H3,(H,28,29)(H,30,31)/b18-8-. The lowest BCUT2D eigenvalue weighted by molar-refractivity contribution is -0.120. The third kappa shape index (κ3) is 4.98. The Morgan fingerprint density at radius 2 is 1.89 bits per heavy atom. The van der Waals surface area contributed by atoms with E-state index in [0.29, 0.717) is 17.0 Å². The number of nitrogens with one attached hydrogen (secondary N) is 2. The van der Waals surface area contributed by atoms with Gasteiger partial charge < -0.3 is 29.8 Å². The van der Waals surface area contributed by atoms with Gasteiger partial charge in [-0.15, -0.1) is 0 Å². The number of benzene rings is 2. The predicted molar refractivity (Wildman–Crippen MR) is 132 cm³/mol. The number of imidazole rings is 1. The Hall–Kier alpha value is -3.89. The third-order valence-corrected chi connectivity index (χ3v) is 5.93. The van der Waals surface area contributed by atoms with Crippen LogP contribution in [0, 0.1) is 5.82 Å². The molecule has 10 heteroatoms. The smallest absolute Gasteiger partial charge is 0.496 e. The number of halogens is 1. The van der Waals surface area contributed by atoms with E-state index in [9.17, 15) is 19.2 Å². The molecule has 1 aliphatic carbocycles. The van der Waals surface area contributed by atoms with Crippen LogP contribution in [0.4, 0.5) is 4.39 Å². The largest absolute Gasteiger partial charge is 0.497 e. The van der Waals surface area contributed by atoms with Crippen LogP contribution in [-0.2, 0) is 11.2 Å². The summed E-state index contributed by atoms with van der Waals surface area (Å²) in [6.45, 7) is 2.14. The van der Waals surface area contributed by atoms with E-state index in [1.54, 1.807) is 30.6 Å². The molecule has 0 bridgehead atoms. The van der Waals surface area contributed by atoms with Crippen LogP contribution in [0.2, 0.25) is 0 Å². The number of allylic oxidation sites excluding steroid dienone is 2. The van der Waals surface area contributed by atoms with Crippen LogP contribution in [0.3, 0.4) is 0 Å². The molecule has 8 nitrogen and oxygen atoms in total. The first-order valence-electron chi connectivity index (χ1n) is 10.9. The Labute approximate surface area is 202 Å². The number of hydrogen-bond acceptors (Lipinski definition) is 6. The highest BCUT2D eigenvalue weighted by Crippen LogP contribution is 2.42. The van der Waals surface area contributed by atoms with Gasteiger partial charge in [0.1, 0.15) is 23.1 Å². The van der Waals surface area contributed by atoms with E-state index < -0.39 is 7.12 Å². The molecule has 1 heterocycles. The van der Waals surface area contributed by atoms with Crippen molar-refractivity contribution in [2.75, 3.05) is 20.8 Å². The number of nitrogens with zero attached hydrogens (tertiary/aromatic N) is 1. The molecule has 0 aliphatic heterocycles. The van der Waals surface area contributed by atoms with E-state index in [1.165, 1.54) is 26.4 Å². The lowest BCUT2D eigenvalue weighted by Crippen LogP contribution is -2.32. The summed E-state index contributed by atoms with van der Waals surface area (Å²) in [6.07, 6.45) is 5.24. The normalized spacial score (nSPS) is 13.7. The second kappa shape index (κ2) is 10.2. The van der Waals surface area contributed by atoms with Crippen molar-refractivity contribution in [3.8, 4) is 11.5 Å². The van der Waals surface area contributed by atoms with E-state index in [0.717, 1.165) is 22.3 Å². The Morgan fingerprint density at radius 3 is 2.49 bits per heavy atom. The highest BCUT2D eigenvalue weighted by atomic mass is 19.1. The van der Waals surface area contributed by atoms with Crippen LogP contribution < -0.4 is 20.3 Å². The molecule has 4 rings (SSSR count). The third-order valence-electron chi connectivity index (χ3n) is 5.93. The van der Waals surface area contributed by atoms with Crippen molar-refractivity contribution in [1.82, 2.24) is 15.3 Å². The van der Waals surface area contributed by atoms with E-state index >= 15 is 0 Å². The summed E-state index contributed by atoms with van der Waals surface area (Å²) in [5.41, 5.74) is 4.87. The van der Waals surface area contributed by atoms with E-state index in [4.69, 9.17) is 9.47 Å². The molecule has 4 N–H and O–H groups in total. The summed E-state index contributed by atoms with van der Waals surface area (Å²) >= 11 is 0. The van der Waals surface area contributed by atoms with Crippen LogP contribution in [-0.4, -0.2) is 53.8 Å². The van der Waals surface area contributed by atoms with Gasteiger partial charge in [0.2, 0.25) is 5.91 Å². The molecule has 0 saturated carbocycles. The molecule has 2 aromatic carbocycles. The summed E-state index contributed by atoms with van der Waals surface area (Å²) in [6, 6.07) is 7.90. The minimum atomic E-state index is -1.77. The van der Waals surface area contributed by atoms with E-state index in [1.807, 2.05) is 13.0 Å². The molecule has 1 aliphatic rings. The van der Waals surface area contributed by atoms with Gasteiger partial charge in [-0.3, -0.25) is 4.79 Å².